The second kappa shape index (κ2) is 6.78. The molecule has 0 aromatic heterocycles. The van der Waals surface area contributed by atoms with Gasteiger partial charge in [0.25, 0.3) is 0 Å². The zero-order valence-corrected chi connectivity index (χ0v) is 10.7. The predicted octanol–water partition coefficient (Wildman–Crippen LogP) is 4.35. The molecule has 2 unspecified atom stereocenters. The van der Waals surface area contributed by atoms with Gasteiger partial charge in [-0.1, -0.05) is 33.1 Å². The molecule has 0 radical (unpaired) electrons. The minimum Gasteiger partial charge on any atom is -0.388 e. The van der Waals surface area contributed by atoms with Crippen molar-refractivity contribution in [3.63, 3.8) is 0 Å². The van der Waals surface area contributed by atoms with Gasteiger partial charge in [-0.05, 0) is 18.4 Å². The lowest BCUT2D eigenvalue weighted by molar-refractivity contribution is 0.0948. The molecule has 0 bridgehead atoms. The first-order valence-electron chi connectivity index (χ1n) is 6.33. The van der Waals surface area contributed by atoms with Crippen LogP contribution in [-0.2, 0) is 0 Å². The Morgan fingerprint density at radius 2 is 1.67 bits per heavy atom. The van der Waals surface area contributed by atoms with E-state index in [-0.39, 0.29) is 11.5 Å². The van der Waals surface area contributed by atoms with Gasteiger partial charge in [-0.2, -0.15) is 0 Å². The number of unbranched alkanes of at least 4 members (excludes halogenated alkanes) is 1. The highest BCUT2D eigenvalue weighted by atomic mass is 19.2. The molecule has 1 aromatic carbocycles. The third-order valence-electron chi connectivity index (χ3n) is 3.26. The van der Waals surface area contributed by atoms with Crippen molar-refractivity contribution in [1.29, 1.82) is 0 Å². The van der Waals surface area contributed by atoms with E-state index in [4.69, 9.17) is 0 Å². The third-order valence-corrected chi connectivity index (χ3v) is 3.26. The first kappa shape index (κ1) is 15.0. The van der Waals surface area contributed by atoms with Crippen LogP contribution in [0, 0.1) is 23.4 Å². The normalized spacial score (nSPS) is 14.6. The Bertz CT molecular complexity index is 393. The molecule has 2 atom stereocenters. The molecule has 0 aliphatic heterocycles. The summed E-state index contributed by atoms with van der Waals surface area (Å²) in [6, 6.07) is 1.24. The maximum Gasteiger partial charge on any atom is 0.161 e. The molecule has 0 amide bonds. The second-order valence-electron chi connectivity index (χ2n) is 4.54. The molecular weight excluding hydrogens is 241 g/mol. The van der Waals surface area contributed by atoms with E-state index in [2.05, 4.69) is 0 Å². The highest BCUT2D eigenvalue weighted by Crippen LogP contribution is 2.31. The molecule has 0 aliphatic carbocycles. The molecular formula is C14H19F3O. The summed E-state index contributed by atoms with van der Waals surface area (Å²) >= 11 is 0. The highest BCUT2D eigenvalue weighted by Gasteiger charge is 2.23. The van der Waals surface area contributed by atoms with E-state index in [1.807, 2.05) is 13.8 Å². The van der Waals surface area contributed by atoms with Crippen molar-refractivity contribution < 1.29 is 18.3 Å². The summed E-state index contributed by atoms with van der Waals surface area (Å²) in [6.45, 7) is 3.92. The summed E-state index contributed by atoms with van der Waals surface area (Å²) in [7, 11) is 0. The summed E-state index contributed by atoms with van der Waals surface area (Å²) in [5, 5.41) is 10.1. The van der Waals surface area contributed by atoms with Gasteiger partial charge in [0.15, 0.2) is 11.6 Å². The maximum absolute atomic E-state index is 13.5. The van der Waals surface area contributed by atoms with Gasteiger partial charge in [-0.15, -0.1) is 0 Å². The van der Waals surface area contributed by atoms with Crippen LogP contribution in [0.3, 0.4) is 0 Å². The van der Waals surface area contributed by atoms with Gasteiger partial charge in [0, 0.05) is 11.6 Å². The van der Waals surface area contributed by atoms with Gasteiger partial charge < -0.3 is 5.11 Å². The van der Waals surface area contributed by atoms with Gasteiger partial charge >= 0.3 is 0 Å². The summed E-state index contributed by atoms with van der Waals surface area (Å²) in [6.07, 6.45) is 2.22. The van der Waals surface area contributed by atoms with Crippen LogP contribution in [0.2, 0.25) is 0 Å². The van der Waals surface area contributed by atoms with Crippen molar-refractivity contribution in [3.8, 4) is 0 Å². The van der Waals surface area contributed by atoms with Crippen LogP contribution in [-0.4, -0.2) is 5.11 Å². The van der Waals surface area contributed by atoms with Gasteiger partial charge in [-0.25, -0.2) is 13.2 Å². The van der Waals surface area contributed by atoms with E-state index in [0.29, 0.717) is 12.5 Å². The van der Waals surface area contributed by atoms with Gasteiger partial charge in [0.2, 0.25) is 0 Å². The fourth-order valence-electron chi connectivity index (χ4n) is 2.07. The Morgan fingerprint density at radius 1 is 1.06 bits per heavy atom. The Kier molecular flexibility index (Phi) is 5.66. The molecule has 1 nitrogen and oxygen atoms in total. The van der Waals surface area contributed by atoms with E-state index in [9.17, 15) is 18.3 Å². The number of halogens is 3. The summed E-state index contributed by atoms with van der Waals surface area (Å²) in [4.78, 5) is 0. The maximum atomic E-state index is 13.5. The predicted molar refractivity (Wildman–Crippen MR) is 64.6 cm³/mol. The Hall–Kier alpha value is -1.03. The Balaban J connectivity index is 2.94. The summed E-state index contributed by atoms with van der Waals surface area (Å²) in [5.41, 5.74) is -0.156. The number of rotatable bonds is 6. The lowest BCUT2D eigenvalue weighted by atomic mass is 9.89. The van der Waals surface area contributed by atoms with Crippen LogP contribution < -0.4 is 0 Å². The molecule has 1 rings (SSSR count). The van der Waals surface area contributed by atoms with E-state index in [1.165, 1.54) is 0 Å². The number of hydrogen-bond donors (Lipinski definition) is 1. The topological polar surface area (TPSA) is 20.2 Å². The minimum atomic E-state index is -1.23. The lowest BCUT2D eigenvalue weighted by Gasteiger charge is -2.22. The monoisotopic (exact) mass is 260 g/mol. The smallest absolute Gasteiger partial charge is 0.161 e. The van der Waals surface area contributed by atoms with Crippen LogP contribution in [0.25, 0.3) is 0 Å². The molecule has 18 heavy (non-hydrogen) atoms. The fraction of sp³-hybridized carbons (Fsp3) is 0.571. The fourth-order valence-corrected chi connectivity index (χ4v) is 2.07. The quantitative estimate of drug-likeness (QED) is 0.754. The molecule has 1 aromatic rings. The number of hydrogen-bond acceptors (Lipinski definition) is 1. The number of aliphatic hydroxyl groups is 1. The van der Waals surface area contributed by atoms with Crippen molar-refractivity contribution in [2.24, 2.45) is 5.92 Å². The Morgan fingerprint density at radius 3 is 2.22 bits per heavy atom. The zero-order valence-electron chi connectivity index (χ0n) is 10.7. The molecule has 0 spiro atoms. The molecule has 102 valence electrons. The number of aliphatic hydroxyl groups excluding tert-OH is 1. The van der Waals surface area contributed by atoms with E-state index in [0.717, 1.165) is 25.3 Å². The first-order chi connectivity index (χ1) is 8.51. The van der Waals surface area contributed by atoms with E-state index >= 15 is 0 Å². The average molecular weight is 260 g/mol. The standard InChI is InChI=1S/C14H19F3O/c1-3-5-6-9(4-2)14(18)10-7-12(16)13(17)8-11(10)15/h7-9,14,18H,3-6H2,1-2H3. The van der Waals surface area contributed by atoms with Crippen LogP contribution in [0.1, 0.15) is 51.2 Å². The second-order valence-corrected chi connectivity index (χ2v) is 4.54. The van der Waals surface area contributed by atoms with Crippen molar-refractivity contribution in [2.45, 2.75) is 45.6 Å². The van der Waals surface area contributed by atoms with Gasteiger partial charge in [0.1, 0.15) is 5.82 Å². The van der Waals surface area contributed by atoms with Crippen LogP contribution >= 0.6 is 0 Å². The lowest BCUT2D eigenvalue weighted by Crippen LogP contribution is -2.14. The van der Waals surface area contributed by atoms with Crippen LogP contribution in [0.5, 0.6) is 0 Å². The number of benzene rings is 1. The minimum absolute atomic E-state index is 0.135. The molecule has 0 heterocycles. The Labute approximate surface area is 106 Å². The molecule has 0 aliphatic rings. The molecule has 0 saturated heterocycles. The largest absolute Gasteiger partial charge is 0.388 e. The van der Waals surface area contributed by atoms with Gasteiger partial charge in [-0.3, -0.25) is 0 Å². The highest BCUT2D eigenvalue weighted by molar-refractivity contribution is 5.22. The molecule has 4 heteroatoms. The summed E-state index contributed by atoms with van der Waals surface area (Å²) in [5.74, 6) is -3.39. The van der Waals surface area contributed by atoms with E-state index in [1.54, 1.807) is 0 Å². The first-order valence-corrected chi connectivity index (χ1v) is 6.33. The molecule has 1 N–H and O–H groups in total. The van der Waals surface area contributed by atoms with Crippen molar-refractivity contribution in [3.05, 3.63) is 35.1 Å². The van der Waals surface area contributed by atoms with Crippen molar-refractivity contribution in [2.75, 3.05) is 0 Å². The summed E-state index contributed by atoms with van der Waals surface area (Å²) < 4.78 is 39.4. The molecule has 0 saturated carbocycles. The van der Waals surface area contributed by atoms with Crippen LogP contribution in [0.15, 0.2) is 12.1 Å². The van der Waals surface area contributed by atoms with E-state index < -0.39 is 23.6 Å². The third kappa shape index (κ3) is 3.48. The molecule has 0 fully saturated rings. The van der Waals surface area contributed by atoms with Gasteiger partial charge in [0.05, 0.1) is 6.10 Å². The average Bonchev–Trinajstić information content (AvgIpc) is 2.34. The van der Waals surface area contributed by atoms with Crippen molar-refractivity contribution >= 4 is 0 Å². The van der Waals surface area contributed by atoms with Crippen molar-refractivity contribution in [1.82, 2.24) is 0 Å². The van der Waals surface area contributed by atoms with Crippen LogP contribution in [0.4, 0.5) is 13.2 Å². The SMILES string of the molecule is CCCCC(CC)C(O)c1cc(F)c(F)cc1F. The zero-order chi connectivity index (χ0) is 13.7.